The van der Waals surface area contributed by atoms with Gasteiger partial charge in [-0.2, -0.15) is 5.75 Å². The maximum atomic E-state index is 8.45. The van der Waals surface area contributed by atoms with E-state index in [0.29, 0.717) is 0 Å². The van der Waals surface area contributed by atoms with E-state index >= 15 is 0 Å². The van der Waals surface area contributed by atoms with E-state index in [0.717, 1.165) is 5.75 Å². The first-order valence-corrected chi connectivity index (χ1v) is 0.771. The molecule has 0 aromatic rings. The Balaban J connectivity index is 0. The molecule has 0 atom stereocenters. The summed E-state index contributed by atoms with van der Waals surface area (Å²) in [6.07, 6.45) is 0. The second kappa shape index (κ2) is 9.54. The van der Waals surface area contributed by atoms with E-state index in [1.54, 1.807) is 0 Å². The average Bonchev–Trinajstić information content (AvgIpc) is 0.918. The molecule has 0 saturated carbocycles. The zero-order chi connectivity index (χ0) is 2.71. The Kier molecular flexibility index (Phi) is 21.0. The summed E-state index contributed by atoms with van der Waals surface area (Å²) in [5, 5.41) is 0. The molecule has 0 fully saturated rings. The molecule has 4 heavy (non-hydrogen) atoms. The van der Waals surface area contributed by atoms with Crippen molar-refractivity contribution in [3.63, 3.8) is 0 Å². The Hall–Kier alpha value is 0.583. The summed E-state index contributed by atoms with van der Waals surface area (Å²) < 4.78 is 0. The quantitative estimate of drug-likeness (QED) is 0.287. The Morgan fingerprint density at radius 1 is 1.75 bits per heavy atom. The first kappa shape index (κ1) is 8.82. The summed E-state index contributed by atoms with van der Waals surface area (Å²) in [5.74, 6) is 0.972. The summed E-state index contributed by atoms with van der Waals surface area (Å²) in [4.78, 5) is 8.45. The molecule has 0 amide bonds. The van der Waals surface area contributed by atoms with E-state index in [1.807, 2.05) is 0 Å². The Labute approximate surface area is 42.1 Å². The van der Waals surface area contributed by atoms with E-state index in [-0.39, 0.29) is 19.5 Å². The van der Waals surface area contributed by atoms with Crippen molar-refractivity contribution in [1.82, 2.24) is 0 Å². The Morgan fingerprint density at radius 3 is 1.75 bits per heavy atom. The molecule has 0 aliphatic rings. The fourth-order valence-electron chi connectivity index (χ4n) is 0. The van der Waals surface area contributed by atoms with Crippen LogP contribution in [0.25, 0.3) is 0 Å². The minimum absolute atomic E-state index is 0. The maximum absolute atomic E-state index is 8.45. The maximum Gasteiger partial charge on any atom is 2.00 e. The summed E-state index contributed by atoms with van der Waals surface area (Å²) in [7, 11) is 0. The molecule has 25 valence electrons. The standard InChI is InChI=1S/CClO.Rh/c2-1-3;/q-1;+2. The van der Waals surface area contributed by atoms with Crippen LogP contribution in [-0.2, 0) is 24.3 Å². The third kappa shape index (κ3) is 19.0. The van der Waals surface area contributed by atoms with Gasteiger partial charge < -0.3 is 16.4 Å². The van der Waals surface area contributed by atoms with E-state index in [2.05, 4.69) is 11.6 Å². The van der Waals surface area contributed by atoms with Gasteiger partial charge in [-0.15, -0.1) is 0 Å². The van der Waals surface area contributed by atoms with Crippen molar-refractivity contribution in [2.45, 2.75) is 0 Å². The fraction of sp³-hybridized carbons (Fsp3) is 0. The van der Waals surface area contributed by atoms with Gasteiger partial charge >= 0.3 is 19.5 Å². The first-order valence-electron chi connectivity index (χ1n) is 0.393. The van der Waals surface area contributed by atoms with Crippen LogP contribution in [0.2, 0.25) is 0 Å². The van der Waals surface area contributed by atoms with Gasteiger partial charge in [0.05, 0.1) is 0 Å². The van der Waals surface area contributed by atoms with Crippen molar-refractivity contribution < 1.29 is 24.3 Å². The third-order valence-electron chi connectivity index (χ3n) is 0. The van der Waals surface area contributed by atoms with Crippen molar-refractivity contribution in [1.29, 1.82) is 0 Å². The zero-order valence-electron chi connectivity index (χ0n) is 1.62. The average molecular weight is 166 g/mol. The summed E-state index contributed by atoms with van der Waals surface area (Å²) >= 11 is 4.19. The predicted octanol–water partition coefficient (Wildman–Crippen LogP) is 0.290. The summed E-state index contributed by atoms with van der Waals surface area (Å²) in [5.41, 5.74) is 0. The molecule has 0 rings (SSSR count). The topological polar surface area (TPSA) is 17.1 Å². The van der Waals surface area contributed by atoms with Crippen molar-refractivity contribution in [2.75, 3.05) is 0 Å². The summed E-state index contributed by atoms with van der Waals surface area (Å²) in [6, 6.07) is 0. The smallest absolute Gasteiger partial charge is 0.525 e. The van der Waals surface area contributed by atoms with Crippen LogP contribution in [0.1, 0.15) is 0 Å². The van der Waals surface area contributed by atoms with Gasteiger partial charge in [-0.25, -0.2) is 0 Å². The molecular weight excluding hydrogens is 166 g/mol. The molecule has 0 spiro atoms. The van der Waals surface area contributed by atoms with Crippen LogP contribution in [0.5, 0.6) is 0 Å². The van der Waals surface area contributed by atoms with Crippen LogP contribution in [0, 0.1) is 0 Å². The van der Waals surface area contributed by atoms with Crippen LogP contribution in [0.15, 0.2) is 0 Å². The number of hydrogen-bond acceptors (Lipinski definition) is 1. The van der Waals surface area contributed by atoms with Crippen LogP contribution in [0.3, 0.4) is 0 Å². The molecule has 0 bridgehead atoms. The molecule has 0 N–H and O–H groups in total. The van der Waals surface area contributed by atoms with E-state index in [9.17, 15) is 0 Å². The molecular formula is CClORh+. The van der Waals surface area contributed by atoms with Crippen molar-refractivity contribution >= 4 is 17.3 Å². The van der Waals surface area contributed by atoms with Crippen LogP contribution in [-0.4, -0.2) is 5.75 Å². The van der Waals surface area contributed by atoms with E-state index in [4.69, 9.17) is 4.79 Å². The van der Waals surface area contributed by atoms with Crippen LogP contribution >= 0.6 is 11.6 Å². The zero-order valence-corrected chi connectivity index (χ0v) is 4.01. The number of carbonyl (C=O) groups excluding carboxylic acids is 1. The normalized spacial score (nSPS) is 3.25. The van der Waals surface area contributed by atoms with Gasteiger partial charge in [0.2, 0.25) is 0 Å². The minimum atomic E-state index is 0. The Bertz CT molecular complexity index is 15.5. The van der Waals surface area contributed by atoms with Gasteiger partial charge in [0, 0.05) is 0 Å². The van der Waals surface area contributed by atoms with Gasteiger partial charge in [-0.3, -0.25) is 0 Å². The SMILES string of the molecule is O=[C-]Cl.[Rh+2]. The second-order valence-corrected chi connectivity index (χ2v) is 0.231. The predicted molar refractivity (Wildman–Crippen MR) is 11.5 cm³/mol. The van der Waals surface area contributed by atoms with Gasteiger partial charge in [0.25, 0.3) is 0 Å². The molecule has 3 heteroatoms. The molecule has 0 aliphatic carbocycles. The van der Waals surface area contributed by atoms with Crippen LogP contribution < -0.4 is 0 Å². The van der Waals surface area contributed by atoms with E-state index in [1.165, 1.54) is 0 Å². The molecule has 0 aromatic carbocycles. The summed E-state index contributed by atoms with van der Waals surface area (Å²) in [6.45, 7) is 0. The molecule has 0 aromatic heterocycles. The number of halogens is 1. The van der Waals surface area contributed by atoms with Gasteiger partial charge in [-0.1, -0.05) is 0 Å². The molecule has 0 heterocycles. The number of hydrogen-bond donors (Lipinski definition) is 0. The van der Waals surface area contributed by atoms with Crippen molar-refractivity contribution in [3.05, 3.63) is 0 Å². The number of rotatable bonds is 0. The van der Waals surface area contributed by atoms with Gasteiger partial charge in [0.15, 0.2) is 0 Å². The van der Waals surface area contributed by atoms with Crippen molar-refractivity contribution in [3.8, 4) is 0 Å². The first-order chi connectivity index (χ1) is 1.41. The molecule has 1 nitrogen and oxygen atoms in total. The van der Waals surface area contributed by atoms with Crippen LogP contribution in [0.4, 0.5) is 0 Å². The molecule has 0 aliphatic heterocycles. The minimum Gasteiger partial charge on any atom is -0.525 e. The van der Waals surface area contributed by atoms with Gasteiger partial charge in [0.1, 0.15) is 0 Å². The monoisotopic (exact) mass is 166 g/mol. The molecule has 0 saturated heterocycles. The Morgan fingerprint density at radius 2 is 1.75 bits per heavy atom. The van der Waals surface area contributed by atoms with E-state index < -0.39 is 0 Å². The fourth-order valence-corrected chi connectivity index (χ4v) is 0. The largest absolute Gasteiger partial charge is 2.00 e. The van der Waals surface area contributed by atoms with Crippen molar-refractivity contribution in [2.24, 2.45) is 0 Å². The molecule has 0 unspecified atom stereocenters. The molecule has 1 radical (unpaired) electrons. The third-order valence-corrected chi connectivity index (χ3v) is 0. The second-order valence-electron chi connectivity index (χ2n) is 0.0772. The van der Waals surface area contributed by atoms with Gasteiger partial charge in [-0.05, 0) is 0 Å².